The van der Waals surface area contributed by atoms with Crippen LogP contribution < -0.4 is 15.4 Å². The molecule has 11 heteroatoms. The molecule has 0 spiro atoms. The third-order valence-corrected chi connectivity index (χ3v) is 6.12. The van der Waals surface area contributed by atoms with Crippen molar-refractivity contribution in [1.82, 2.24) is 4.98 Å². The number of aromatic nitrogens is 1. The van der Waals surface area contributed by atoms with E-state index in [-0.39, 0.29) is 15.6 Å². The molecule has 4 N–H and O–H groups in total. The van der Waals surface area contributed by atoms with E-state index in [1.807, 2.05) is 0 Å². The molecule has 0 radical (unpaired) electrons. The van der Waals surface area contributed by atoms with Gasteiger partial charge < -0.3 is 15.7 Å². The van der Waals surface area contributed by atoms with Crippen LogP contribution in [0.1, 0.15) is 5.56 Å². The lowest BCUT2D eigenvalue weighted by molar-refractivity contribution is -0.122. The summed E-state index contributed by atoms with van der Waals surface area (Å²) in [6.45, 7) is 1.60. The number of nitrogens with zero attached hydrogens (tertiary/aromatic N) is 1. The maximum absolute atomic E-state index is 12.7. The summed E-state index contributed by atoms with van der Waals surface area (Å²) in [7, 11) is -3.94. The van der Waals surface area contributed by atoms with Gasteiger partial charge in [0.05, 0.1) is 33.2 Å². The monoisotopic (exact) mass is 446 g/mol. The average molecular weight is 448 g/mol. The van der Waals surface area contributed by atoms with Gasteiger partial charge in [-0.2, -0.15) is 0 Å². The van der Waals surface area contributed by atoms with Gasteiger partial charge in [0, 0.05) is 0 Å². The van der Waals surface area contributed by atoms with Crippen molar-refractivity contribution in [3.8, 4) is 0 Å². The molecule has 2 aromatic rings. The lowest BCUT2D eigenvalue weighted by atomic mass is 10.1. The predicted molar refractivity (Wildman–Crippen MR) is 97.2 cm³/mol. The van der Waals surface area contributed by atoms with Gasteiger partial charge in [0.15, 0.2) is 0 Å². The first-order chi connectivity index (χ1) is 11.7. The molecule has 132 valence electrons. The first-order valence-corrected chi connectivity index (χ1v) is 9.57. The number of hydrogen-bond donors (Lipinski definition) is 4. The maximum Gasteiger partial charge on any atom is 0.274 e. The Morgan fingerprint density at radius 3 is 2.72 bits per heavy atom. The average Bonchev–Trinajstić information content (AvgIpc) is 2.51. The van der Waals surface area contributed by atoms with Crippen molar-refractivity contribution in [3.63, 3.8) is 0 Å². The number of amides is 1. The maximum atomic E-state index is 12.7. The quantitative estimate of drug-likeness (QED) is 0.536. The summed E-state index contributed by atoms with van der Waals surface area (Å²) in [6.07, 6.45) is -0.128. The van der Waals surface area contributed by atoms with E-state index in [0.717, 1.165) is 0 Å². The third-order valence-electron chi connectivity index (χ3n) is 3.45. The van der Waals surface area contributed by atoms with Gasteiger partial charge in [-0.1, -0.05) is 11.6 Å². The van der Waals surface area contributed by atoms with Crippen LogP contribution in [0.25, 0.3) is 0 Å². The highest BCUT2D eigenvalue weighted by atomic mass is 79.9. The van der Waals surface area contributed by atoms with Gasteiger partial charge in [0.25, 0.3) is 15.9 Å². The van der Waals surface area contributed by atoms with E-state index >= 15 is 0 Å². The Hall–Kier alpha value is -1.88. The molecule has 0 saturated carbocycles. The Kier molecular flexibility index (Phi) is 4.62. The van der Waals surface area contributed by atoms with Crippen LogP contribution in [0.3, 0.4) is 0 Å². The highest BCUT2D eigenvalue weighted by Crippen LogP contribution is 2.33. The molecule has 1 aromatic heterocycles. The number of aryl methyl sites for hydroxylation is 1. The first kappa shape index (κ1) is 17.9. The van der Waals surface area contributed by atoms with Crippen LogP contribution in [0.5, 0.6) is 0 Å². The smallest absolute Gasteiger partial charge is 0.274 e. The van der Waals surface area contributed by atoms with Gasteiger partial charge in [-0.3, -0.25) is 9.52 Å². The van der Waals surface area contributed by atoms with Crippen LogP contribution >= 0.6 is 27.5 Å². The molecule has 0 fully saturated rings. The van der Waals surface area contributed by atoms with E-state index in [4.69, 9.17) is 11.6 Å². The number of aliphatic hydroxyl groups excluding tert-OH is 1. The van der Waals surface area contributed by atoms with Crippen LogP contribution in [0.15, 0.2) is 33.9 Å². The fourth-order valence-corrected chi connectivity index (χ4v) is 3.97. The van der Waals surface area contributed by atoms with Crippen LogP contribution in [0.2, 0.25) is 5.02 Å². The number of sulfonamides is 1. The summed E-state index contributed by atoms with van der Waals surface area (Å²) < 4.78 is 28.2. The Morgan fingerprint density at radius 1 is 1.32 bits per heavy atom. The van der Waals surface area contributed by atoms with Crippen molar-refractivity contribution in [2.75, 3.05) is 15.4 Å². The minimum absolute atomic E-state index is 0.0128. The van der Waals surface area contributed by atoms with Crippen molar-refractivity contribution < 1.29 is 18.3 Å². The van der Waals surface area contributed by atoms with Crippen molar-refractivity contribution in [2.24, 2.45) is 0 Å². The molecule has 0 bridgehead atoms. The van der Waals surface area contributed by atoms with Crippen LogP contribution in [0.4, 0.5) is 17.1 Å². The van der Waals surface area contributed by atoms with Crippen LogP contribution in [0, 0.1) is 6.92 Å². The summed E-state index contributed by atoms with van der Waals surface area (Å²) >= 11 is 9.05. The molecular formula is C14H12BrClN4O4S. The molecule has 8 nitrogen and oxygen atoms in total. The second-order valence-corrected chi connectivity index (χ2v) is 8.11. The number of pyridine rings is 1. The summed E-state index contributed by atoms with van der Waals surface area (Å²) in [6, 6.07) is 4.27. The Bertz CT molecular complexity index is 983. The van der Waals surface area contributed by atoms with Gasteiger partial charge >= 0.3 is 0 Å². The van der Waals surface area contributed by atoms with E-state index in [1.165, 1.54) is 24.4 Å². The summed E-state index contributed by atoms with van der Waals surface area (Å²) in [4.78, 5) is 15.4. The van der Waals surface area contributed by atoms with Gasteiger partial charge in [0.1, 0.15) is 4.60 Å². The minimum atomic E-state index is -3.94. The normalized spacial score (nSPS) is 16.6. The fraction of sp³-hybridized carbons (Fsp3) is 0.143. The Balaban J connectivity index is 1.98. The van der Waals surface area contributed by atoms with Crippen molar-refractivity contribution in [3.05, 3.63) is 39.6 Å². The fourth-order valence-electron chi connectivity index (χ4n) is 2.30. The lowest BCUT2D eigenvalue weighted by Gasteiger charge is -2.24. The minimum Gasteiger partial charge on any atom is -0.366 e. The molecule has 2 heterocycles. The highest BCUT2D eigenvalue weighted by molar-refractivity contribution is 9.10. The molecular weight excluding hydrogens is 436 g/mol. The topological polar surface area (TPSA) is 120 Å². The Labute approximate surface area is 156 Å². The zero-order valence-corrected chi connectivity index (χ0v) is 15.8. The number of carbonyl (C=O) groups excluding carboxylic acids is 1. The zero-order valence-electron chi connectivity index (χ0n) is 12.7. The third kappa shape index (κ3) is 3.56. The summed E-state index contributed by atoms with van der Waals surface area (Å²) in [5.74, 6) is -0.615. The standard InChI is InChI=1S/C14H12BrClN4O4S/c1-6-2-9-10(19-14(22)13(21)18-9)4-11(6)25(23,24)20-7-3-8(16)12(15)17-5-7/h2-5,14,19-20,22H,1H3,(H,18,21). The van der Waals surface area contributed by atoms with E-state index in [0.29, 0.717) is 21.5 Å². The number of carbonyl (C=O) groups is 1. The van der Waals surface area contributed by atoms with Gasteiger partial charge in [0.2, 0.25) is 6.23 Å². The van der Waals surface area contributed by atoms with Gasteiger partial charge in [-0.05, 0) is 46.6 Å². The van der Waals surface area contributed by atoms with Crippen molar-refractivity contribution in [2.45, 2.75) is 18.0 Å². The second kappa shape index (κ2) is 6.45. The molecule has 1 aliphatic rings. The lowest BCUT2D eigenvalue weighted by Crippen LogP contribution is -2.38. The number of anilines is 3. The number of rotatable bonds is 3. The first-order valence-electron chi connectivity index (χ1n) is 6.91. The largest absolute Gasteiger partial charge is 0.366 e. The Morgan fingerprint density at radius 2 is 2.04 bits per heavy atom. The molecule has 25 heavy (non-hydrogen) atoms. The number of fused-ring (bicyclic) bond motifs is 1. The number of benzene rings is 1. The van der Waals surface area contributed by atoms with Crippen molar-refractivity contribution in [1.29, 1.82) is 0 Å². The molecule has 0 aliphatic carbocycles. The molecule has 1 atom stereocenters. The second-order valence-electron chi connectivity index (χ2n) is 5.30. The summed E-state index contributed by atoms with van der Waals surface area (Å²) in [5, 5.41) is 14.9. The number of nitrogens with one attached hydrogen (secondary N) is 3. The van der Waals surface area contributed by atoms with E-state index in [2.05, 4.69) is 36.3 Å². The van der Waals surface area contributed by atoms with Gasteiger partial charge in [-0.15, -0.1) is 0 Å². The molecule has 0 saturated heterocycles. The number of halogens is 2. The zero-order chi connectivity index (χ0) is 18.4. The van der Waals surface area contributed by atoms with Crippen LogP contribution in [-0.4, -0.2) is 30.6 Å². The number of aliphatic hydroxyl groups is 1. The highest BCUT2D eigenvalue weighted by Gasteiger charge is 2.27. The van der Waals surface area contributed by atoms with E-state index in [9.17, 15) is 18.3 Å². The molecule has 3 rings (SSSR count). The van der Waals surface area contributed by atoms with E-state index < -0.39 is 22.2 Å². The van der Waals surface area contributed by atoms with Crippen molar-refractivity contribution >= 4 is 60.5 Å². The van der Waals surface area contributed by atoms with E-state index in [1.54, 1.807) is 6.92 Å². The predicted octanol–water partition coefficient (Wildman–Crippen LogP) is 2.29. The summed E-state index contributed by atoms with van der Waals surface area (Å²) in [5.41, 5.74) is 1.30. The van der Waals surface area contributed by atoms with Gasteiger partial charge in [-0.25, -0.2) is 13.4 Å². The molecule has 1 aliphatic heterocycles. The molecule has 1 aromatic carbocycles. The SMILES string of the molecule is Cc1cc2c(cc1S(=O)(=O)Nc1cnc(Br)c(Cl)c1)NC(O)C(=O)N2. The number of hydrogen-bond acceptors (Lipinski definition) is 6. The molecule has 1 amide bonds. The molecule has 1 unspecified atom stereocenters. The van der Waals surface area contributed by atoms with Crippen LogP contribution in [-0.2, 0) is 14.8 Å².